The zero-order valence-electron chi connectivity index (χ0n) is 14.5. The molecule has 1 aliphatic heterocycles. The Morgan fingerprint density at radius 3 is 3.00 bits per heavy atom. The summed E-state index contributed by atoms with van der Waals surface area (Å²) >= 11 is 0. The predicted octanol–water partition coefficient (Wildman–Crippen LogP) is 2.58. The lowest BCUT2D eigenvalue weighted by Gasteiger charge is -2.13. The molecule has 0 amide bonds. The Morgan fingerprint density at radius 2 is 2.08 bits per heavy atom. The molecule has 5 N–H and O–H groups in total. The van der Waals surface area contributed by atoms with Crippen LogP contribution in [0.2, 0.25) is 0 Å². The fourth-order valence-corrected chi connectivity index (χ4v) is 3.58. The van der Waals surface area contributed by atoms with Crippen molar-refractivity contribution >= 4 is 22.7 Å². The third-order valence-electron chi connectivity index (χ3n) is 5.17. The number of aromatic nitrogens is 3. The van der Waals surface area contributed by atoms with E-state index in [2.05, 4.69) is 60.7 Å². The van der Waals surface area contributed by atoms with E-state index in [-0.39, 0.29) is 6.17 Å². The number of hydrogen-bond donors (Lipinski definition) is 5. The molecule has 2 atom stereocenters. The van der Waals surface area contributed by atoms with E-state index in [1.807, 2.05) is 12.3 Å². The zero-order chi connectivity index (χ0) is 17.3. The van der Waals surface area contributed by atoms with Crippen LogP contribution in [0.15, 0.2) is 42.7 Å². The van der Waals surface area contributed by atoms with Crippen LogP contribution in [0.1, 0.15) is 24.8 Å². The van der Waals surface area contributed by atoms with E-state index < -0.39 is 0 Å². The molecule has 1 saturated carbocycles. The highest BCUT2D eigenvalue weighted by molar-refractivity contribution is 5.79. The van der Waals surface area contributed by atoms with Gasteiger partial charge in [-0.1, -0.05) is 6.07 Å². The van der Waals surface area contributed by atoms with Crippen LogP contribution in [0.25, 0.3) is 10.9 Å². The second-order valence-electron chi connectivity index (χ2n) is 7.18. The molecule has 7 heteroatoms. The van der Waals surface area contributed by atoms with Crippen molar-refractivity contribution in [2.45, 2.75) is 38.0 Å². The average Bonchev–Trinajstić information content (AvgIpc) is 3.23. The lowest BCUT2D eigenvalue weighted by atomic mass is 10.1. The fourth-order valence-electron chi connectivity index (χ4n) is 3.58. The Kier molecular flexibility index (Phi) is 3.95. The second-order valence-corrected chi connectivity index (χ2v) is 7.18. The highest BCUT2D eigenvalue weighted by Gasteiger charge is 2.36. The summed E-state index contributed by atoms with van der Waals surface area (Å²) in [6, 6.07) is 10.9. The van der Waals surface area contributed by atoms with Gasteiger partial charge in [0.25, 0.3) is 0 Å². The van der Waals surface area contributed by atoms with Crippen LogP contribution in [0, 0.1) is 5.92 Å². The highest BCUT2D eigenvalue weighted by Crippen LogP contribution is 2.35. The SMILES string of the molecule is c1cc(NC2CC(C3CC3)NN2)nc(NCc2ccc3[nH]ccc3c2)n1. The normalized spacial score (nSPS) is 22.6. The van der Waals surface area contributed by atoms with Gasteiger partial charge in [-0.25, -0.2) is 10.4 Å². The van der Waals surface area contributed by atoms with Gasteiger partial charge in [0.1, 0.15) is 5.82 Å². The second kappa shape index (κ2) is 6.59. The number of H-pyrrole nitrogens is 1. The van der Waals surface area contributed by atoms with Gasteiger partial charge < -0.3 is 15.6 Å². The number of aromatic amines is 1. The van der Waals surface area contributed by atoms with Crippen molar-refractivity contribution in [1.29, 1.82) is 0 Å². The summed E-state index contributed by atoms with van der Waals surface area (Å²) in [5.41, 5.74) is 9.06. The molecule has 3 heterocycles. The smallest absolute Gasteiger partial charge is 0.224 e. The number of nitrogens with zero attached hydrogens (tertiary/aromatic N) is 2. The predicted molar refractivity (Wildman–Crippen MR) is 102 cm³/mol. The summed E-state index contributed by atoms with van der Waals surface area (Å²) in [6.45, 7) is 0.692. The minimum Gasteiger partial charge on any atom is -0.361 e. The first-order valence-electron chi connectivity index (χ1n) is 9.24. The van der Waals surface area contributed by atoms with Gasteiger partial charge in [0, 0.05) is 30.5 Å². The maximum absolute atomic E-state index is 4.58. The van der Waals surface area contributed by atoms with Gasteiger partial charge in [0.2, 0.25) is 5.95 Å². The number of hydrazine groups is 1. The molecule has 134 valence electrons. The van der Waals surface area contributed by atoms with Crippen molar-refractivity contribution in [3.8, 4) is 0 Å². The van der Waals surface area contributed by atoms with Gasteiger partial charge in [-0.2, -0.15) is 4.98 Å². The molecular formula is C19H23N7. The number of rotatable bonds is 6. The fraction of sp³-hybridized carbons (Fsp3) is 0.368. The van der Waals surface area contributed by atoms with Gasteiger partial charge in [0.05, 0.1) is 6.17 Å². The van der Waals surface area contributed by atoms with Crippen LogP contribution >= 0.6 is 0 Å². The van der Waals surface area contributed by atoms with Crippen LogP contribution in [-0.2, 0) is 6.54 Å². The lowest BCUT2D eigenvalue weighted by Crippen LogP contribution is -2.37. The third-order valence-corrected chi connectivity index (χ3v) is 5.17. The van der Waals surface area contributed by atoms with E-state index in [9.17, 15) is 0 Å². The van der Waals surface area contributed by atoms with Crippen molar-refractivity contribution in [2.75, 3.05) is 10.6 Å². The molecule has 1 saturated heterocycles. The maximum atomic E-state index is 4.58. The van der Waals surface area contributed by atoms with E-state index in [4.69, 9.17) is 0 Å². The van der Waals surface area contributed by atoms with Crippen LogP contribution in [-0.4, -0.2) is 27.2 Å². The zero-order valence-corrected chi connectivity index (χ0v) is 14.5. The van der Waals surface area contributed by atoms with Crippen molar-refractivity contribution in [3.05, 3.63) is 48.3 Å². The van der Waals surface area contributed by atoms with Crippen LogP contribution in [0.4, 0.5) is 11.8 Å². The summed E-state index contributed by atoms with van der Waals surface area (Å²) in [5.74, 6) is 2.31. The molecule has 2 aromatic heterocycles. The Labute approximate surface area is 152 Å². The standard InChI is InChI=1S/C19H23N7/c1-4-15-14(5-7-20-15)9-12(1)11-22-19-21-8-6-17(24-19)23-18-10-16(25-26-18)13-2-3-13/h1,4-9,13,16,18,20,25-26H,2-3,10-11H2,(H2,21,22,23,24). The molecule has 5 rings (SSSR count). The molecule has 0 radical (unpaired) electrons. The molecule has 7 nitrogen and oxygen atoms in total. The minimum atomic E-state index is 0.208. The summed E-state index contributed by atoms with van der Waals surface area (Å²) in [6.07, 6.45) is 7.73. The molecule has 1 aromatic carbocycles. The molecule has 2 aliphatic rings. The highest BCUT2D eigenvalue weighted by atomic mass is 15.5. The number of fused-ring (bicyclic) bond motifs is 1. The molecule has 2 fully saturated rings. The largest absolute Gasteiger partial charge is 0.361 e. The molecule has 1 aliphatic carbocycles. The summed E-state index contributed by atoms with van der Waals surface area (Å²) in [7, 11) is 0. The number of benzene rings is 1. The van der Waals surface area contributed by atoms with Crippen LogP contribution in [0.3, 0.4) is 0 Å². The van der Waals surface area contributed by atoms with E-state index in [1.165, 1.54) is 23.8 Å². The number of nitrogens with one attached hydrogen (secondary N) is 5. The Hall–Kier alpha value is -2.64. The van der Waals surface area contributed by atoms with Gasteiger partial charge >= 0.3 is 0 Å². The molecule has 0 bridgehead atoms. The maximum Gasteiger partial charge on any atom is 0.224 e. The summed E-state index contributed by atoms with van der Waals surface area (Å²) < 4.78 is 0. The quantitative estimate of drug-likeness (QED) is 0.470. The van der Waals surface area contributed by atoms with Gasteiger partial charge in [-0.05, 0) is 60.4 Å². The van der Waals surface area contributed by atoms with Crippen LogP contribution in [0.5, 0.6) is 0 Å². The van der Waals surface area contributed by atoms with Crippen LogP contribution < -0.4 is 21.5 Å². The lowest BCUT2D eigenvalue weighted by molar-refractivity contribution is 0.502. The van der Waals surface area contributed by atoms with Crippen molar-refractivity contribution < 1.29 is 0 Å². The Morgan fingerprint density at radius 1 is 1.12 bits per heavy atom. The van der Waals surface area contributed by atoms with Crippen molar-refractivity contribution in [2.24, 2.45) is 5.92 Å². The Balaban J connectivity index is 1.20. The summed E-state index contributed by atoms with van der Waals surface area (Å²) in [4.78, 5) is 12.1. The van der Waals surface area contributed by atoms with E-state index >= 15 is 0 Å². The third kappa shape index (κ3) is 3.36. The van der Waals surface area contributed by atoms with E-state index in [0.29, 0.717) is 18.5 Å². The van der Waals surface area contributed by atoms with Gasteiger partial charge in [-0.3, -0.25) is 5.43 Å². The first-order chi connectivity index (χ1) is 12.8. The molecule has 26 heavy (non-hydrogen) atoms. The molecular weight excluding hydrogens is 326 g/mol. The summed E-state index contributed by atoms with van der Waals surface area (Å²) in [5, 5.41) is 7.97. The molecule has 2 unspecified atom stereocenters. The van der Waals surface area contributed by atoms with E-state index in [1.54, 1.807) is 6.20 Å². The van der Waals surface area contributed by atoms with E-state index in [0.717, 1.165) is 23.7 Å². The average molecular weight is 349 g/mol. The first-order valence-corrected chi connectivity index (χ1v) is 9.24. The topological polar surface area (TPSA) is 89.7 Å². The first kappa shape index (κ1) is 15.6. The molecule has 0 spiro atoms. The Bertz CT molecular complexity index is 902. The van der Waals surface area contributed by atoms with Crippen molar-refractivity contribution in [1.82, 2.24) is 25.8 Å². The number of anilines is 2. The monoisotopic (exact) mass is 349 g/mol. The molecule has 3 aromatic rings. The number of hydrogen-bond acceptors (Lipinski definition) is 6. The van der Waals surface area contributed by atoms with Gasteiger partial charge in [-0.15, -0.1) is 0 Å². The van der Waals surface area contributed by atoms with Crippen molar-refractivity contribution in [3.63, 3.8) is 0 Å². The van der Waals surface area contributed by atoms with Gasteiger partial charge in [0.15, 0.2) is 0 Å². The minimum absolute atomic E-state index is 0.208.